The Hall–Kier alpha value is -3.83. The fourth-order valence-corrected chi connectivity index (χ4v) is 5.33. The van der Waals surface area contributed by atoms with Crippen molar-refractivity contribution in [3.63, 3.8) is 0 Å². The van der Waals surface area contributed by atoms with Gasteiger partial charge in [0.05, 0.1) is 6.61 Å². The summed E-state index contributed by atoms with van der Waals surface area (Å²) in [6.07, 6.45) is -12.2. The van der Waals surface area contributed by atoms with Gasteiger partial charge in [-0.15, -0.1) is 0 Å². The van der Waals surface area contributed by atoms with E-state index in [1.807, 2.05) is 6.07 Å². The monoisotopic (exact) mass is 637 g/mol. The maximum atomic E-state index is 12.3. The molecule has 0 radical (unpaired) electrons. The van der Waals surface area contributed by atoms with Crippen molar-refractivity contribution in [2.75, 3.05) is 20.3 Å². The summed E-state index contributed by atoms with van der Waals surface area (Å²) in [7, 11) is 1.34. The van der Waals surface area contributed by atoms with Crippen LogP contribution in [-0.2, 0) is 66.5 Å². The third kappa shape index (κ3) is 8.46. The SMILES string of the molecule is CO[C@@H]1O[C@@H]2CO[C@H](c3ccccc3)O[C@@H]2[C@H](O[C@@H]2O[C@H](COC(C)=O)[C@H](OC(C)=O)[C@H](OC(C)=O)[C@H]2OC(C)=O)[C@H]1N=[N+]=[N-]. The Kier molecular flexibility index (Phi) is 11.7. The first-order chi connectivity index (χ1) is 21.5. The molecule has 1 aromatic carbocycles. The number of azide groups is 1. The molecule has 17 nitrogen and oxygen atoms in total. The molecule has 0 bridgehead atoms. The van der Waals surface area contributed by atoms with Crippen molar-refractivity contribution >= 4 is 23.9 Å². The van der Waals surface area contributed by atoms with Crippen LogP contribution in [0.2, 0.25) is 0 Å². The molecule has 45 heavy (non-hydrogen) atoms. The lowest BCUT2D eigenvalue weighted by atomic mass is 9.94. The van der Waals surface area contributed by atoms with Crippen LogP contribution in [0.15, 0.2) is 35.4 Å². The fourth-order valence-electron chi connectivity index (χ4n) is 5.33. The van der Waals surface area contributed by atoms with Crippen molar-refractivity contribution < 1.29 is 66.5 Å². The van der Waals surface area contributed by atoms with Crippen LogP contribution in [0, 0.1) is 0 Å². The second-order valence-electron chi connectivity index (χ2n) is 10.3. The molecule has 0 saturated carbocycles. The van der Waals surface area contributed by atoms with Crippen LogP contribution in [0.5, 0.6) is 0 Å². The molecule has 3 aliphatic heterocycles. The molecular formula is C28H35N3O14. The largest absolute Gasteiger partial charge is 0.463 e. The fraction of sp³-hybridized carbons (Fsp3) is 0.643. The van der Waals surface area contributed by atoms with Crippen molar-refractivity contribution in [3.8, 4) is 0 Å². The first-order valence-corrected chi connectivity index (χ1v) is 14.0. The molecule has 0 spiro atoms. The Bertz CT molecular complexity index is 1260. The van der Waals surface area contributed by atoms with Crippen molar-refractivity contribution in [3.05, 3.63) is 46.3 Å². The molecule has 0 N–H and O–H groups in total. The maximum absolute atomic E-state index is 12.3. The standard InChI is InChI=1S/C28H35N3O14/c1-13(32)37-11-18-22(39-14(2)33)24(40-15(3)34)25(41-16(4)35)28(43-18)45-23-20(30-31-29)27(36-5)42-19-12-38-26(44-21(19)23)17-9-7-6-8-10-17/h6-10,18-28H,11-12H2,1-5H3/t18-,19-,20-,21+,22+,23-,24+,25-,26+,27-,28+/m1/s1. The first-order valence-electron chi connectivity index (χ1n) is 14.0. The van der Waals surface area contributed by atoms with E-state index in [2.05, 4.69) is 10.0 Å². The van der Waals surface area contributed by atoms with Gasteiger partial charge in [0, 0.05) is 45.3 Å². The van der Waals surface area contributed by atoms with Gasteiger partial charge < -0.3 is 47.4 Å². The molecule has 0 unspecified atom stereocenters. The average Bonchev–Trinajstić information content (AvgIpc) is 2.99. The Balaban J connectivity index is 1.75. The molecule has 17 heteroatoms. The van der Waals surface area contributed by atoms with Crippen LogP contribution < -0.4 is 0 Å². The summed E-state index contributed by atoms with van der Waals surface area (Å²) >= 11 is 0. The van der Waals surface area contributed by atoms with E-state index in [1.54, 1.807) is 24.3 Å². The molecule has 0 aliphatic carbocycles. The molecule has 3 heterocycles. The van der Waals surface area contributed by atoms with E-state index in [-0.39, 0.29) is 6.61 Å². The molecule has 246 valence electrons. The molecule has 0 amide bonds. The summed E-state index contributed by atoms with van der Waals surface area (Å²) in [5, 5.41) is 3.86. The lowest BCUT2D eigenvalue weighted by molar-refractivity contribution is -0.374. The van der Waals surface area contributed by atoms with Crippen molar-refractivity contribution in [2.24, 2.45) is 5.11 Å². The number of hydrogen-bond acceptors (Lipinski definition) is 15. The van der Waals surface area contributed by atoms with E-state index in [0.29, 0.717) is 5.56 Å². The summed E-state index contributed by atoms with van der Waals surface area (Å²) in [4.78, 5) is 51.2. The molecule has 4 rings (SSSR count). The zero-order chi connectivity index (χ0) is 32.7. The summed E-state index contributed by atoms with van der Waals surface area (Å²) in [5.74, 6) is -3.08. The van der Waals surface area contributed by atoms with Crippen LogP contribution in [0.3, 0.4) is 0 Å². The third-order valence-corrected chi connectivity index (χ3v) is 7.04. The van der Waals surface area contributed by atoms with Crippen molar-refractivity contribution in [1.82, 2.24) is 0 Å². The molecule has 3 aliphatic rings. The van der Waals surface area contributed by atoms with Gasteiger partial charge in [0.15, 0.2) is 37.2 Å². The van der Waals surface area contributed by atoms with Crippen molar-refractivity contribution in [1.29, 1.82) is 0 Å². The number of rotatable bonds is 10. The van der Waals surface area contributed by atoms with Gasteiger partial charge in [0.25, 0.3) is 0 Å². The van der Waals surface area contributed by atoms with E-state index >= 15 is 0 Å². The number of carbonyl (C=O) groups is 4. The zero-order valence-electron chi connectivity index (χ0n) is 25.2. The number of nitrogens with zero attached hydrogens (tertiary/aromatic N) is 3. The first kappa shape index (κ1) is 34.1. The molecule has 3 fully saturated rings. The van der Waals surface area contributed by atoms with E-state index in [1.165, 1.54) is 7.11 Å². The second kappa shape index (κ2) is 15.4. The lowest BCUT2D eigenvalue weighted by Gasteiger charge is -2.50. The van der Waals surface area contributed by atoms with Crippen LogP contribution in [0.25, 0.3) is 10.4 Å². The van der Waals surface area contributed by atoms with E-state index in [0.717, 1.165) is 27.7 Å². The van der Waals surface area contributed by atoms with Crippen LogP contribution in [0.1, 0.15) is 39.5 Å². The van der Waals surface area contributed by atoms with Gasteiger partial charge in [-0.3, -0.25) is 19.2 Å². The normalized spacial score (nSPS) is 34.3. The summed E-state index contributed by atoms with van der Waals surface area (Å²) in [5.41, 5.74) is 10.1. The van der Waals surface area contributed by atoms with Gasteiger partial charge in [-0.2, -0.15) is 0 Å². The maximum Gasteiger partial charge on any atom is 0.303 e. The predicted octanol–water partition coefficient (Wildman–Crippen LogP) is 1.62. The minimum Gasteiger partial charge on any atom is -0.463 e. The Morgan fingerprint density at radius 2 is 1.49 bits per heavy atom. The summed E-state index contributed by atoms with van der Waals surface area (Å²) in [6, 6.07) is 7.86. The highest BCUT2D eigenvalue weighted by Crippen LogP contribution is 2.39. The number of methoxy groups -OCH3 is 1. The number of carbonyl (C=O) groups excluding carboxylic acids is 4. The van der Waals surface area contributed by atoms with Crippen molar-refractivity contribution in [2.45, 2.75) is 95.3 Å². The third-order valence-electron chi connectivity index (χ3n) is 7.04. The predicted molar refractivity (Wildman–Crippen MR) is 145 cm³/mol. The highest BCUT2D eigenvalue weighted by Gasteiger charge is 2.57. The summed E-state index contributed by atoms with van der Waals surface area (Å²) in [6.45, 7) is 4.05. The van der Waals surface area contributed by atoms with Gasteiger partial charge in [-0.25, -0.2) is 0 Å². The van der Waals surface area contributed by atoms with E-state index in [4.69, 9.17) is 47.4 Å². The van der Waals surface area contributed by atoms with Crippen LogP contribution >= 0.6 is 0 Å². The van der Waals surface area contributed by atoms with Crippen LogP contribution in [0.4, 0.5) is 0 Å². The lowest BCUT2D eigenvalue weighted by Crippen LogP contribution is -2.67. The second-order valence-corrected chi connectivity index (χ2v) is 10.3. The van der Waals surface area contributed by atoms with E-state index < -0.39 is 98.1 Å². The smallest absolute Gasteiger partial charge is 0.303 e. The number of fused-ring (bicyclic) bond motifs is 1. The number of benzene rings is 1. The Morgan fingerprint density at radius 3 is 2.09 bits per heavy atom. The molecule has 0 aromatic heterocycles. The number of esters is 4. The highest BCUT2D eigenvalue weighted by atomic mass is 16.8. The molecule has 1 aromatic rings. The summed E-state index contributed by atoms with van der Waals surface area (Å²) < 4.78 is 57.8. The highest BCUT2D eigenvalue weighted by molar-refractivity contribution is 5.68. The van der Waals surface area contributed by atoms with Gasteiger partial charge in [0.1, 0.15) is 37.1 Å². The van der Waals surface area contributed by atoms with Gasteiger partial charge in [0.2, 0.25) is 0 Å². The number of ether oxygens (including phenoxy) is 10. The minimum atomic E-state index is -1.58. The Morgan fingerprint density at radius 1 is 0.844 bits per heavy atom. The molecule has 11 atom stereocenters. The van der Waals surface area contributed by atoms with E-state index in [9.17, 15) is 24.7 Å². The molecule has 3 saturated heterocycles. The van der Waals surface area contributed by atoms with Gasteiger partial charge in [-0.05, 0) is 5.53 Å². The Labute approximate surface area is 257 Å². The topological polar surface area (TPSA) is 209 Å². The van der Waals surface area contributed by atoms with Crippen LogP contribution in [-0.4, -0.2) is 106 Å². The van der Waals surface area contributed by atoms with Gasteiger partial charge >= 0.3 is 23.9 Å². The quantitative estimate of drug-likeness (QED) is 0.117. The molecular weight excluding hydrogens is 602 g/mol. The van der Waals surface area contributed by atoms with Gasteiger partial charge in [-0.1, -0.05) is 35.4 Å². The number of hydrogen-bond donors (Lipinski definition) is 0. The average molecular weight is 638 g/mol. The minimum absolute atomic E-state index is 0.0332. The zero-order valence-corrected chi connectivity index (χ0v) is 25.2.